The molecule has 1 atom stereocenters. The number of amides is 2. The third-order valence-electron chi connectivity index (χ3n) is 3.31. The quantitative estimate of drug-likeness (QED) is 0.677. The van der Waals surface area contributed by atoms with Crippen molar-refractivity contribution in [1.29, 1.82) is 0 Å². The lowest BCUT2D eigenvalue weighted by molar-refractivity contribution is -0.139. The van der Waals surface area contributed by atoms with Crippen LogP contribution in [0.2, 0.25) is 10.0 Å². The summed E-state index contributed by atoms with van der Waals surface area (Å²) in [5.41, 5.74) is 0.289. The molecule has 1 N–H and O–H groups in total. The van der Waals surface area contributed by atoms with Crippen molar-refractivity contribution in [2.75, 3.05) is 13.1 Å². The maximum atomic E-state index is 12.3. The van der Waals surface area contributed by atoms with E-state index in [9.17, 15) is 14.4 Å². The molecule has 1 aliphatic heterocycles. The van der Waals surface area contributed by atoms with Crippen LogP contribution < -0.4 is 5.32 Å². The van der Waals surface area contributed by atoms with E-state index >= 15 is 0 Å². The number of piperazine rings is 1. The van der Waals surface area contributed by atoms with E-state index in [1.165, 1.54) is 6.07 Å². The molecule has 1 fully saturated rings. The Labute approximate surface area is 132 Å². The van der Waals surface area contributed by atoms with Gasteiger partial charge in [-0.3, -0.25) is 24.6 Å². The van der Waals surface area contributed by atoms with E-state index in [1.54, 1.807) is 17.0 Å². The van der Waals surface area contributed by atoms with Gasteiger partial charge in [-0.25, -0.2) is 0 Å². The van der Waals surface area contributed by atoms with Crippen molar-refractivity contribution in [3.63, 3.8) is 0 Å². The van der Waals surface area contributed by atoms with Gasteiger partial charge in [-0.1, -0.05) is 30.1 Å². The van der Waals surface area contributed by atoms with Gasteiger partial charge in [0.05, 0.1) is 24.2 Å². The van der Waals surface area contributed by atoms with Gasteiger partial charge in [0.25, 0.3) is 0 Å². The Morgan fingerprint density at radius 2 is 2.10 bits per heavy atom. The number of Topliss-reactive ketones (excluding diaryl/α,β-unsaturated/α-hetero) is 1. The summed E-state index contributed by atoms with van der Waals surface area (Å²) in [4.78, 5) is 37.1. The minimum Gasteiger partial charge on any atom is -0.294 e. The highest BCUT2D eigenvalue weighted by molar-refractivity contribution is 6.36. The summed E-state index contributed by atoms with van der Waals surface area (Å²) < 4.78 is 0. The number of halogens is 2. The third kappa shape index (κ3) is 3.61. The summed E-state index contributed by atoms with van der Waals surface area (Å²) >= 11 is 11.9. The van der Waals surface area contributed by atoms with Crippen molar-refractivity contribution in [3.8, 4) is 0 Å². The zero-order valence-electron chi connectivity index (χ0n) is 11.4. The molecule has 1 aromatic rings. The number of imide groups is 1. The van der Waals surface area contributed by atoms with E-state index in [-0.39, 0.29) is 30.3 Å². The van der Waals surface area contributed by atoms with Crippen molar-refractivity contribution < 1.29 is 14.4 Å². The minimum atomic E-state index is -0.496. The van der Waals surface area contributed by atoms with E-state index in [1.807, 2.05) is 6.92 Å². The van der Waals surface area contributed by atoms with Crippen LogP contribution in [0, 0.1) is 0 Å². The first-order chi connectivity index (χ1) is 9.92. The molecule has 21 heavy (non-hydrogen) atoms. The molecule has 7 heteroatoms. The van der Waals surface area contributed by atoms with E-state index in [0.29, 0.717) is 16.5 Å². The summed E-state index contributed by atoms with van der Waals surface area (Å²) in [6.07, 6.45) is 0.510. The van der Waals surface area contributed by atoms with Crippen LogP contribution in [0.1, 0.15) is 23.7 Å². The van der Waals surface area contributed by atoms with Crippen LogP contribution in [0.3, 0.4) is 0 Å². The van der Waals surface area contributed by atoms with E-state index in [2.05, 4.69) is 5.32 Å². The molecule has 2 amide bonds. The van der Waals surface area contributed by atoms with Crippen LogP contribution in [0.5, 0.6) is 0 Å². The largest absolute Gasteiger partial charge is 0.294 e. The Balaban J connectivity index is 2.19. The summed E-state index contributed by atoms with van der Waals surface area (Å²) in [7, 11) is 0. The van der Waals surface area contributed by atoms with Crippen LogP contribution in [0.15, 0.2) is 18.2 Å². The molecular weight excluding hydrogens is 315 g/mol. The second kappa shape index (κ2) is 6.56. The van der Waals surface area contributed by atoms with Crippen molar-refractivity contribution in [2.45, 2.75) is 19.4 Å². The van der Waals surface area contributed by atoms with Gasteiger partial charge in [-0.2, -0.15) is 0 Å². The Hall–Kier alpha value is -1.43. The van der Waals surface area contributed by atoms with Gasteiger partial charge in [-0.15, -0.1) is 0 Å². The second-order valence-electron chi connectivity index (χ2n) is 4.79. The van der Waals surface area contributed by atoms with Gasteiger partial charge in [0, 0.05) is 10.6 Å². The Bertz CT molecular complexity index is 604. The molecule has 0 saturated carbocycles. The minimum absolute atomic E-state index is 0.00811. The molecule has 0 bridgehead atoms. The third-order valence-corrected chi connectivity index (χ3v) is 3.88. The first-order valence-electron chi connectivity index (χ1n) is 6.48. The normalized spacial score (nSPS) is 19.5. The summed E-state index contributed by atoms with van der Waals surface area (Å²) in [5, 5.41) is 2.97. The first-order valence-corrected chi connectivity index (χ1v) is 7.24. The van der Waals surface area contributed by atoms with Gasteiger partial charge in [0.15, 0.2) is 5.78 Å². The molecule has 112 valence electrons. The maximum Gasteiger partial charge on any atom is 0.243 e. The Morgan fingerprint density at radius 1 is 1.38 bits per heavy atom. The summed E-state index contributed by atoms with van der Waals surface area (Å²) in [6.45, 7) is 1.77. The highest BCUT2D eigenvalue weighted by Crippen LogP contribution is 2.22. The average Bonchev–Trinajstić information content (AvgIpc) is 2.41. The fourth-order valence-electron chi connectivity index (χ4n) is 2.31. The lowest BCUT2D eigenvalue weighted by Gasteiger charge is -2.32. The molecule has 1 saturated heterocycles. The van der Waals surface area contributed by atoms with E-state index < -0.39 is 11.9 Å². The number of nitrogens with zero attached hydrogens (tertiary/aromatic N) is 1. The molecule has 1 unspecified atom stereocenters. The average molecular weight is 329 g/mol. The molecule has 1 aliphatic rings. The number of hydrogen-bond donors (Lipinski definition) is 1. The van der Waals surface area contributed by atoms with E-state index in [0.717, 1.165) is 0 Å². The fourth-order valence-corrected chi connectivity index (χ4v) is 2.71. The number of rotatable bonds is 4. The van der Waals surface area contributed by atoms with Crippen LogP contribution in [0.4, 0.5) is 0 Å². The molecule has 0 aliphatic carbocycles. The summed E-state index contributed by atoms with van der Waals surface area (Å²) in [5.74, 6) is -1.06. The topological polar surface area (TPSA) is 66.5 Å². The number of hydrogen-bond acceptors (Lipinski definition) is 4. The predicted octanol–water partition coefficient (Wildman–Crippen LogP) is 1.91. The molecule has 5 nitrogen and oxygen atoms in total. The predicted molar refractivity (Wildman–Crippen MR) is 79.6 cm³/mol. The number of carbonyl (C=O) groups excluding carboxylic acids is 3. The first kappa shape index (κ1) is 15.9. The van der Waals surface area contributed by atoms with Gasteiger partial charge in [0.1, 0.15) is 0 Å². The van der Waals surface area contributed by atoms with Crippen molar-refractivity contribution in [3.05, 3.63) is 33.8 Å². The standard InChI is InChI=1S/C14H14Cl2N2O3/c1-2-11-14(21)17-13(20)7-18(11)6-12(19)9-5-8(15)3-4-10(9)16/h3-5,11H,2,6-7H2,1H3,(H,17,20,21). The van der Waals surface area contributed by atoms with Crippen molar-refractivity contribution >= 4 is 40.8 Å². The maximum absolute atomic E-state index is 12.3. The molecular formula is C14H14Cl2N2O3. The zero-order valence-corrected chi connectivity index (χ0v) is 12.9. The zero-order chi connectivity index (χ0) is 15.6. The smallest absolute Gasteiger partial charge is 0.243 e. The van der Waals surface area contributed by atoms with Gasteiger partial charge >= 0.3 is 0 Å². The Kier molecular flexibility index (Phi) is 4.98. The van der Waals surface area contributed by atoms with Gasteiger partial charge < -0.3 is 0 Å². The van der Waals surface area contributed by atoms with Crippen LogP contribution in [0.25, 0.3) is 0 Å². The van der Waals surface area contributed by atoms with Crippen LogP contribution >= 0.6 is 23.2 Å². The highest BCUT2D eigenvalue weighted by atomic mass is 35.5. The SMILES string of the molecule is CCC1C(=O)NC(=O)CN1CC(=O)c1cc(Cl)ccc1Cl. The number of ketones is 1. The second-order valence-corrected chi connectivity index (χ2v) is 5.63. The number of carbonyl (C=O) groups is 3. The molecule has 0 aromatic heterocycles. The van der Waals surface area contributed by atoms with Gasteiger partial charge in [0.2, 0.25) is 11.8 Å². The van der Waals surface area contributed by atoms with Gasteiger partial charge in [-0.05, 0) is 24.6 Å². The molecule has 1 aromatic carbocycles. The van der Waals surface area contributed by atoms with Crippen LogP contribution in [-0.2, 0) is 9.59 Å². The van der Waals surface area contributed by atoms with Crippen LogP contribution in [-0.4, -0.2) is 41.6 Å². The number of nitrogens with one attached hydrogen (secondary N) is 1. The molecule has 1 heterocycles. The molecule has 0 spiro atoms. The molecule has 2 rings (SSSR count). The lowest BCUT2D eigenvalue weighted by atomic mass is 10.1. The van der Waals surface area contributed by atoms with E-state index in [4.69, 9.17) is 23.2 Å². The lowest BCUT2D eigenvalue weighted by Crippen LogP contribution is -2.58. The number of benzene rings is 1. The molecule has 0 radical (unpaired) electrons. The summed E-state index contributed by atoms with van der Waals surface area (Å²) in [6, 6.07) is 4.12. The Morgan fingerprint density at radius 3 is 2.76 bits per heavy atom. The fraction of sp³-hybridized carbons (Fsp3) is 0.357. The van der Waals surface area contributed by atoms with Crippen molar-refractivity contribution in [2.24, 2.45) is 0 Å². The van der Waals surface area contributed by atoms with Crippen molar-refractivity contribution in [1.82, 2.24) is 10.2 Å². The monoisotopic (exact) mass is 328 g/mol. The highest BCUT2D eigenvalue weighted by Gasteiger charge is 2.33.